The lowest BCUT2D eigenvalue weighted by Gasteiger charge is -2.05. The molecule has 0 aliphatic carbocycles. The van der Waals surface area contributed by atoms with Gasteiger partial charge in [-0.2, -0.15) is 4.68 Å². The van der Waals surface area contributed by atoms with Crippen LogP contribution >= 0.6 is 11.6 Å². The largest absolute Gasteiger partial charge is 0.326 e. The van der Waals surface area contributed by atoms with Crippen molar-refractivity contribution in [3.8, 4) is 5.82 Å². The van der Waals surface area contributed by atoms with Crippen molar-refractivity contribution in [3.05, 3.63) is 34.5 Å². The Balaban J connectivity index is 2.52. The molecule has 0 spiro atoms. The third-order valence-corrected chi connectivity index (χ3v) is 2.47. The van der Waals surface area contributed by atoms with Crippen molar-refractivity contribution in [2.45, 2.75) is 20.4 Å². The van der Waals surface area contributed by atoms with E-state index in [-0.39, 0.29) is 0 Å². The van der Waals surface area contributed by atoms with Crippen LogP contribution in [0.2, 0.25) is 5.02 Å². The van der Waals surface area contributed by atoms with E-state index < -0.39 is 0 Å². The van der Waals surface area contributed by atoms with Crippen LogP contribution in [0.15, 0.2) is 12.3 Å². The summed E-state index contributed by atoms with van der Waals surface area (Å²) in [5.41, 5.74) is 6.40. The quantitative estimate of drug-likeness (QED) is 0.857. The van der Waals surface area contributed by atoms with Gasteiger partial charge in [0, 0.05) is 12.7 Å². The van der Waals surface area contributed by atoms with Gasteiger partial charge in [-0.05, 0) is 25.5 Å². The monoisotopic (exact) mass is 237 g/mol. The maximum Gasteiger partial charge on any atom is 0.174 e. The highest BCUT2D eigenvalue weighted by molar-refractivity contribution is 6.32. The molecule has 0 atom stereocenters. The molecule has 0 bridgehead atoms. The Morgan fingerprint density at radius 1 is 1.44 bits per heavy atom. The fourth-order valence-corrected chi connectivity index (χ4v) is 1.73. The highest BCUT2D eigenvalue weighted by Gasteiger charge is 2.10. The molecule has 2 aromatic heterocycles. The number of nitrogens with zero attached hydrogens (tertiary/aromatic N) is 4. The van der Waals surface area contributed by atoms with Crippen LogP contribution in [0.5, 0.6) is 0 Å². The van der Waals surface area contributed by atoms with Gasteiger partial charge in [-0.3, -0.25) is 0 Å². The summed E-state index contributed by atoms with van der Waals surface area (Å²) in [7, 11) is 0. The number of hydrogen-bond acceptors (Lipinski definition) is 4. The predicted molar refractivity (Wildman–Crippen MR) is 61.5 cm³/mol. The highest BCUT2D eigenvalue weighted by atomic mass is 35.5. The fourth-order valence-electron chi connectivity index (χ4n) is 1.46. The molecule has 2 N–H and O–H groups in total. The SMILES string of the molecule is Cc1nc(C)n(-c2ncc(CN)cc2Cl)n1. The van der Waals surface area contributed by atoms with Crippen LogP contribution in [0.1, 0.15) is 17.2 Å². The highest BCUT2D eigenvalue weighted by Crippen LogP contribution is 2.19. The first-order valence-electron chi connectivity index (χ1n) is 4.87. The van der Waals surface area contributed by atoms with Crippen LogP contribution in [-0.4, -0.2) is 19.7 Å². The summed E-state index contributed by atoms with van der Waals surface area (Å²) in [5, 5.41) is 4.75. The molecule has 0 fully saturated rings. The first-order chi connectivity index (χ1) is 7.61. The number of pyridine rings is 1. The van der Waals surface area contributed by atoms with Crippen molar-refractivity contribution < 1.29 is 0 Å². The average Bonchev–Trinajstić information content (AvgIpc) is 2.57. The number of hydrogen-bond donors (Lipinski definition) is 1. The molecule has 0 aliphatic heterocycles. The Kier molecular flexibility index (Phi) is 2.89. The summed E-state index contributed by atoms with van der Waals surface area (Å²) in [6.07, 6.45) is 1.69. The summed E-state index contributed by atoms with van der Waals surface area (Å²) >= 11 is 6.12. The number of nitrogens with two attached hydrogens (primary N) is 1. The van der Waals surface area contributed by atoms with Crippen LogP contribution < -0.4 is 5.73 Å². The molecule has 6 heteroatoms. The van der Waals surface area contributed by atoms with E-state index in [9.17, 15) is 0 Å². The molecule has 5 nitrogen and oxygen atoms in total. The lowest BCUT2D eigenvalue weighted by molar-refractivity contribution is 0.801. The van der Waals surface area contributed by atoms with E-state index in [0.29, 0.717) is 23.2 Å². The molecule has 2 heterocycles. The third-order valence-electron chi connectivity index (χ3n) is 2.19. The maximum absolute atomic E-state index is 6.12. The van der Waals surface area contributed by atoms with Gasteiger partial charge < -0.3 is 5.73 Å². The van der Waals surface area contributed by atoms with Gasteiger partial charge in [-0.25, -0.2) is 9.97 Å². The minimum Gasteiger partial charge on any atom is -0.326 e. The van der Waals surface area contributed by atoms with Crippen molar-refractivity contribution in [3.63, 3.8) is 0 Å². The molecule has 0 unspecified atom stereocenters. The fraction of sp³-hybridized carbons (Fsp3) is 0.300. The van der Waals surface area contributed by atoms with Crippen LogP contribution in [0.25, 0.3) is 5.82 Å². The number of aromatic nitrogens is 4. The summed E-state index contributed by atoms with van der Waals surface area (Å²) in [6, 6.07) is 1.79. The van der Waals surface area contributed by atoms with Gasteiger partial charge in [0.1, 0.15) is 11.6 Å². The lowest BCUT2D eigenvalue weighted by Crippen LogP contribution is -2.05. The first kappa shape index (κ1) is 11.0. The molecule has 0 radical (unpaired) electrons. The molecule has 0 saturated heterocycles. The lowest BCUT2D eigenvalue weighted by atomic mass is 10.3. The van der Waals surface area contributed by atoms with E-state index in [0.717, 1.165) is 11.4 Å². The third kappa shape index (κ3) is 1.91. The zero-order valence-corrected chi connectivity index (χ0v) is 9.86. The summed E-state index contributed by atoms with van der Waals surface area (Å²) in [5.74, 6) is 2.03. The smallest absolute Gasteiger partial charge is 0.174 e. The van der Waals surface area contributed by atoms with Crippen LogP contribution in [-0.2, 0) is 6.54 Å². The van der Waals surface area contributed by atoms with E-state index in [1.165, 1.54) is 0 Å². The maximum atomic E-state index is 6.12. The van der Waals surface area contributed by atoms with Gasteiger partial charge in [-0.15, -0.1) is 5.10 Å². The molecular formula is C10H12ClN5. The number of rotatable bonds is 2. The van der Waals surface area contributed by atoms with Gasteiger partial charge >= 0.3 is 0 Å². The van der Waals surface area contributed by atoms with E-state index >= 15 is 0 Å². The Morgan fingerprint density at radius 2 is 2.19 bits per heavy atom. The molecule has 0 amide bonds. The average molecular weight is 238 g/mol. The van der Waals surface area contributed by atoms with Crippen molar-refractivity contribution >= 4 is 11.6 Å². The molecule has 0 aromatic carbocycles. The Morgan fingerprint density at radius 3 is 2.69 bits per heavy atom. The molecule has 0 saturated carbocycles. The topological polar surface area (TPSA) is 69.6 Å². The molecule has 84 valence electrons. The van der Waals surface area contributed by atoms with Crippen molar-refractivity contribution in [1.82, 2.24) is 19.7 Å². The van der Waals surface area contributed by atoms with E-state index in [4.69, 9.17) is 17.3 Å². The minimum atomic E-state index is 0.419. The van der Waals surface area contributed by atoms with Gasteiger partial charge in [0.2, 0.25) is 0 Å². The zero-order valence-electron chi connectivity index (χ0n) is 9.11. The Labute approximate surface area is 98.3 Å². The second-order valence-electron chi connectivity index (χ2n) is 3.47. The van der Waals surface area contributed by atoms with Gasteiger partial charge in [-0.1, -0.05) is 11.6 Å². The zero-order chi connectivity index (χ0) is 11.7. The predicted octanol–water partition coefficient (Wildman–Crippen LogP) is 1.39. The van der Waals surface area contributed by atoms with Crippen molar-refractivity contribution in [1.29, 1.82) is 0 Å². The van der Waals surface area contributed by atoms with Crippen LogP contribution in [0.4, 0.5) is 0 Å². The first-order valence-corrected chi connectivity index (χ1v) is 5.24. The van der Waals surface area contributed by atoms with Gasteiger partial charge in [0.15, 0.2) is 5.82 Å². The van der Waals surface area contributed by atoms with Gasteiger partial charge in [0.25, 0.3) is 0 Å². The summed E-state index contributed by atoms with van der Waals surface area (Å²) < 4.78 is 1.62. The standard InChI is InChI=1S/C10H12ClN5/c1-6-14-7(2)16(15-6)10-9(11)3-8(4-12)5-13-10/h3,5H,4,12H2,1-2H3. The molecule has 2 aromatic rings. The summed E-state index contributed by atoms with van der Waals surface area (Å²) in [6.45, 7) is 4.10. The van der Waals surface area contributed by atoms with Crippen molar-refractivity contribution in [2.75, 3.05) is 0 Å². The second-order valence-corrected chi connectivity index (χ2v) is 3.88. The molecule has 2 rings (SSSR count). The van der Waals surface area contributed by atoms with Crippen LogP contribution in [0.3, 0.4) is 0 Å². The normalized spacial score (nSPS) is 10.8. The second kappa shape index (κ2) is 4.19. The van der Waals surface area contributed by atoms with E-state index in [1.807, 2.05) is 13.8 Å². The van der Waals surface area contributed by atoms with Gasteiger partial charge in [0.05, 0.1) is 5.02 Å². The molecule has 16 heavy (non-hydrogen) atoms. The van der Waals surface area contributed by atoms with Crippen molar-refractivity contribution in [2.24, 2.45) is 5.73 Å². The van der Waals surface area contributed by atoms with Crippen LogP contribution in [0, 0.1) is 13.8 Å². The Bertz CT molecular complexity index is 520. The molecular weight excluding hydrogens is 226 g/mol. The van der Waals surface area contributed by atoms with E-state index in [2.05, 4.69) is 15.1 Å². The number of halogens is 1. The Hall–Kier alpha value is -1.46. The number of aryl methyl sites for hydroxylation is 2. The minimum absolute atomic E-state index is 0.419. The van der Waals surface area contributed by atoms with E-state index in [1.54, 1.807) is 16.9 Å². The molecule has 0 aliphatic rings. The summed E-state index contributed by atoms with van der Waals surface area (Å²) in [4.78, 5) is 8.44.